The molecule has 0 saturated carbocycles. The molecule has 2 amide bonds. The van der Waals surface area contributed by atoms with Gasteiger partial charge in [-0.2, -0.15) is 0 Å². The van der Waals surface area contributed by atoms with E-state index in [0.29, 0.717) is 0 Å². The third-order valence-electron chi connectivity index (χ3n) is 4.23. The molecule has 0 aliphatic heterocycles. The fraction of sp³-hybridized carbons (Fsp3) is 0. The third-order valence-corrected chi connectivity index (χ3v) is 4.23. The highest BCUT2D eigenvalue weighted by molar-refractivity contribution is 6.09. The molecule has 162 valence electrons. The number of hydrogen-bond acceptors (Lipinski definition) is 8. The molecule has 0 spiro atoms. The highest BCUT2D eigenvalue weighted by Crippen LogP contribution is 2.27. The number of carbonyl (C=O) groups is 2. The monoisotopic (exact) mass is 436 g/mol. The van der Waals surface area contributed by atoms with Gasteiger partial charge in [-0.05, 0) is 18.2 Å². The van der Waals surface area contributed by atoms with Gasteiger partial charge in [0.1, 0.15) is 0 Å². The number of nitro groups is 2. The number of nitro benzene ring substituents is 2. The fourth-order valence-electron chi connectivity index (χ4n) is 2.65. The largest absolute Gasteiger partial charge is 0.871 e. The van der Waals surface area contributed by atoms with Crippen LogP contribution in [0.4, 0.5) is 22.7 Å². The Balaban J connectivity index is 1.81. The number of hydrogen-bond donors (Lipinski definition) is 2. The van der Waals surface area contributed by atoms with Crippen molar-refractivity contribution in [1.29, 1.82) is 0 Å². The lowest BCUT2D eigenvalue weighted by Gasteiger charge is -2.15. The summed E-state index contributed by atoms with van der Waals surface area (Å²) >= 11 is 0. The fourth-order valence-corrected chi connectivity index (χ4v) is 2.65. The Bertz CT molecular complexity index is 1170. The van der Waals surface area contributed by atoms with E-state index in [1.165, 1.54) is 18.2 Å². The molecule has 0 heterocycles. The molecule has 0 atom stereocenters. The molecule has 3 aromatic rings. The van der Waals surface area contributed by atoms with E-state index >= 15 is 0 Å². The number of carbonyl (C=O) groups excluding carboxylic acids is 2. The average molecular weight is 436 g/mol. The number of amides is 2. The van der Waals surface area contributed by atoms with Crippen molar-refractivity contribution in [2.75, 3.05) is 10.6 Å². The second kappa shape index (κ2) is 8.79. The minimum Gasteiger partial charge on any atom is -0.871 e. The smallest absolute Gasteiger partial charge is 0.271 e. The first-order valence-electron chi connectivity index (χ1n) is 8.79. The molecule has 0 fully saturated rings. The topological polar surface area (TPSA) is 191 Å². The first-order chi connectivity index (χ1) is 15.2. The van der Waals surface area contributed by atoms with Crippen molar-refractivity contribution < 1.29 is 29.6 Å². The molecule has 32 heavy (non-hydrogen) atoms. The zero-order valence-electron chi connectivity index (χ0n) is 15.9. The van der Waals surface area contributed by atoms with E-state index in [4.69, 9.17) is 0 Å². The molecule has 0 unspecified atom stereocenters. The Morgan fingerprint density at radius 3 is 1.44 bits per heavy atom. The minimum absolute atomic E-state index is 0.0510. The van der Waals surface area contributed by atoms with E-state index < -0.39 is 44.5 Å². The summed E-state index contributed by atoms with van der Waals surface area (Å²) in [4.78, 5) is 45.2. The quantitative estimate of drug-likeness (QED) is 0.433. The zero-order chi connectivity index (χ0) is 23.4. The number of benzene rings is 3. The molecule has 0 aromatic heterocycles. The first-order valence-corrected chi connectivity index (χ1v) is 8.79. The van der Waals surface area contributed by atoms with Gasteiger partial charge in [0.2, 0.25) is 0 Å². The summed E-state index contributed by atoms with van der Waals surface area (Å²) in [6.45, 7) is 0. The van der Waals surface area contributed by atoms with Gasteiger partial charge < -0.3 is 20.8 Å². The summed E-state index contributed by atoms with van der Waals surface area (Å²) in [6.07, 6.45) is 0. The molecule has 0 saturated heterocycles. The van der Waals surface area contributed by atoms with Crippen LogP contribution < -0.4 is 20.8 Å². The lowest BCUT2D eigenvalue weighted by molar-refractivity contribution is -0.385. The van der Waals surface area contributed by atoms with Crippen molar-refractivity contribution in [1.82, 2.24) is 0 Å². The maximum atomic E-state index is 12.5. The minimum atomic E-state index is -0.808. The van der Waals surface area contributed by atoms with E-state index in [2.05, 4.69) is 10.6 Å². The molecular formula is C20H12N4O8-2. The number of rotatable bonds is 6. The summed E-state index contributed by atoms with van der Waals surface area (Å²) < 4.78 is 0. The van der Waals surface area contributed by atoms with Gasteiger partial charge in [0.05, 0.1) is 9.85 Å². The van der Waals surface area contributed by atoms with Crippen molar-refractivity contribution in [3.63, 3.8) is 0 Å². The van der Waals surface area contributed by atoms with E-state index in [0.717, 1.165) is 42.5 Å². The Morgan fingerprint density at radius 2 is 1.06 bits per heavy atom. The maximum Gasteiger partial charge on any atom is 0.271 e. The van der Waals surface area contributed by atoms with Crippen molar-refractivity contribution in [2.24, 2.45) is 0 Å². The SMILES string of the molecule is O=C(Nc1cc([N+](=O)[O-])ccc1[O-])c1cccc(C(=O)Nc2cc([N+](=O)[O-])ccc2[O-])c1. The Labute approximate surface area is 179 Å². The van der Waals surface area contributed by atoms with Crippen molar-refractivity contribution >= 4 is 34.6 Å². The van der Waals surface area contributed by atoms with E-state index in [1.807, 2.05) is 0 Å². The summed E-state index contributed by atoms with van der Waals surface area (Å²) in [5.74, 6) is -2.91. The molecule has 0 radical (unpaired) electrons. The maximum absolute atomic E-state index is 12.5. The highest BCUT2D eigenvalue weighted by Gasteiger charge is 2.15. The van der Waals surface area contributed by atoms with Crippen LogP contribution in [0.15, 0.2) is 60.7 Å². The van der Waals surface area contributed by atoms with Crippen molar-refractivity contribution in [2.45, 2.75) is 0 Å². The third kappa shape index (κ3) is 4.76. The Kier molecular flexibility index (Phi) is 5.96. The molecule has 0 aliphatic rings. The second-order valence-corrected chi connectivity index (χ2v) is 6.36. The Hall–Kier alpha value is -5.00. The van der Waals surface area contributed by atoms with Crippen molar-refractivity contribution in [3.05, 3.63) is 92.0 Å². The molecule has 12 nitrogen and oxygen atoms in total. The van der Waals surface area contributed by atoms with E-state index in [-0.39, 0.29) is 22.5 Å². The zero-order valence-corrected chi connectivity index (χ0v) is 15.9. The van der Waals surface area contributed by atoms with Crippen LogP contribution in [0.5, 0.6) is 11.5 Å². The van der Waals surface area contributed by atoms with Crippen LogP contribution in [0.2, 0.25) is 0 Å². The molecule has 2 N–H and O–H groups in total. The van der Waals surface area contributed by atoms with Crippen molar-refractivity contribution in [3.8, 4) is 11.5 Å². The summed E-state index contributed by atoms with van der Waals surface area (Å²) in [5, 5.41) is 50.0. The van der Waals surface area contributed by atoms with Gasteiger partial charge in [-0.25, -0.2) is 0 Å². The number of non-ortho nitro benzene ring substituents is 2. The number of nitrogens with zero attached hydrogens (tertiary/aromatic N) is 2. The van der Waals surface area contributed by atoms with Crippen LogP contribution in [-0.2, 0) is 0 Å². The van der Waals surface area contributed by atoms with Gasteiger partial charge >= 0.3 is 0 Å². The van der Waals surface area contributed by atoms with Crippen LogP contribution in [-0.4, -0.2) is 21.7 Å². The molecule has 3 rings (SSSR count). The molecular weight excluding hydrogens is 424 g/mol. The lowest BCUT2D eigenvalue weighted by Crippen LogP contribution is -2.17. The normalized spacial score (nSPS) is 10.2. The summed E-state index contributed by atoms with van der Waals surface area (Å²) in [7, 11) is 0. The van der Waals surface area contributed by atoms with Crippen LogP contribution >= 0.6 is 0 Å². The number of nitrogens with one attached hydrogen (secondary N) is 2. The van der Waals surface area contributed by atoms with Crippen LogP contribution in [0, 0.1) is 20.2 Å². The number of anilines is 2. The lowest BCUT2D eigenvalue weighted by atomic mass is 10.1. The molecule has 12 heteroatoms. The van der Waals surface area contributed by atoms with Crippen LogP contribution in [0.3, 0.4) is 0 Å². The first kappa shape index (κ1) is 21.7. The van der Waals surface area contributed by atoms with Gasteiger partial charge in [-0.15, -0.1) is 0 Å². The predicted molar refractivity (Wildman–Crippen MR) is 107 cm³/mol. The standard InChI is InChI=1S/C20H14N4O8/c25-17-6-4-13(23(29)30)9-15(17)21-19(27)11-2-1-3-12(8-11)20(28)22-16-10-14(24(31)32)5-7-18(16)26/h1-10,25-26H,(H,21,27)(H,22,28)/p-2. The molecule has 0 bridgehead atoms. The molecule has 0 aliphatic carbocycles. The summed E-state index contributed by atoms with van der Waals surface area (Å²) in [6, 6.07) is 10.9. The van der Waals surface area contributed by atoms with Gasteiger partial charge in [0.15, 0.2) is 0 Å². The second-order valence-electron chi connectivity index (χ2n) is 6.36. The van der Waals surface area contributed by atoms with Gasteiger partial charge in [-0.3, -0.25) is 29.8 Å². The van der Waals surface area contributed by atoms with Crippen LogP contribution in [0.25, 0.3) is 0 Å². The molecule has 3 aromatic carbocycles. The van der Waals surface area contributed by atoms with Gasteiger partial charge in [0, 0.05) is 46.8 Å². The predicted octanol–water partition coefficient (Wildman–Crippen LogP) is 2.15. The van der Waals surface area contributed by atoms with E-state index in [1.54, 1.807) is 0 Å². The van der Waals surface area contributed by atoms with Crippen LogP contribution in [0.1, 0.15) is 20.7 Å². The van der Waals surface area contributed by atoms with E-state index in [9.17, 15) is 40.0 Å². The van der Waals surface area contributed by atoms with Gasteiger partial charge in [-0.1, -0.05) is 29.7 Å². The summed E-state index contributed by atoms with van der Waals surface area (Å²) in [5.41, 5.74) is -1.51. The van der Waals surface area contributed by atoms with Gasteiger partial charge in [0.25, 0.3) is 23.2 Å². The Morgan fingerprint density at radius 1 is 0.656 bits per heavy atom. The highest BCUT2D eigenvalue weighted by atomic mass is 16.6. The average Bonchev–Trinajstić information content (AvgIpc) is 2.76.